The van der Waals surface area contributed by atoms with Crippen molar-refractivity contribution in [1.29, 1.82) is 0 Å². The Balaban J connectivity index is 1.78. The third-order valence-electron chi connectivity index (χ3n) is 3.67. The molecule has 0 amide bonds. The van der Waals surface area contributed by atoms with Gasteiger partial charge in [-0.15, -0.1) is 0 Å². The van der Waals surface area contributed by atoms with Crippen LogP contribution in [0.4, 0.5) is 0 Å². The topological polar surface area (TPSA) is 9.23 Å². The van der Waals surface area contributed by atoms with E-state index in [1.165, 1.54) is 64.2 Å². The first kappa shape index (κ1) is 15.3. The van der Waals surface area contributed by atoms with Crippen LogP contribution in [0.3, 0.4) is 0 Å². The molecule has 0 spiro atoms. The molecule has 2 saturated carbocycles. The van der Waals surface area contributed by atoms with E-state index in [0.717, 1.165) is 4.82 Å². The molecule has 2 aliphatic rings. The van der Waals surface area contributed by atoms with E-state index in [-0.39, 0.29) is 0 Å². The third-order valence-corrected chi connectivity index (χ3v) is 16.9. The van der Waals surface area contributed by atoms with Crippen LogP contribution in [0.2, 0.25) is 4.82 Å². The Labute approximate surface area is 127 Å². The van der Waals surface area contributed by atoms with Gasteiger partial charge >= 0.3 is 128 Å². The zero-order valence-electron chi connectivity index (χ0n) is 10.3. The maximum atomic E-state index is 6.44. The second kappa shape index (κ2) is 7.66. The van der Waals surface area contributed by atoms with Crippen LogP contribution >= 0.6 is 3.11 Å². The van der Waals surface area contributed by atoms with Crippen LogP contribution in [0, 0.1) is 0 Å². The van der Waals surface area contributed by atoms with Crippen LogP contribution in [-0.2, 0) is 4.52 Å². The molecule has 100 valence electrons. The second-order valence-electron chi connectivity index (χ2n) is 5.20. The summed E-state index contributed by atoms with van der Waals surface area (Å²) in [7, 11) is 0. The summed E-state index contributed by atoms with van der Waals surface area (Å²) in [5, 5.41) is 0. The predicted octanol–water partition coefficient (Wildman–Crippen LogP) is 3.54. The molecule has 2 fully saturated rings. The molecule has 1 atom stereocenters. The standard InChI is InChI=1S/C12H23OPSe3/c15-14(16,13-11-7-3-1-4-8-11)17-12-9-5-2-6-10-12/h11-12H,1-10H2,(H,15,16). The minimum absolute atomic E-state index is 0.576. The Kier molecular flexibility index (Phi) is 6.91. The van der Waals surface area contributed by atoms with Crippen molar-refractivity contribution < 1.29 is 4.52 Å². The Morgan fingerprint density at radius 1 is 0.941 bits per heavy atom. The zero-order valence-corrected chi connectivity index (χ0v) is 16.5. The van der Waals surface area contributed by atoms with E-state index in [4.69, 9.17) is 4.52 Å². The molecule has 5 heteroatoms. The number of hydrogen-bond donors (Lipinski definition) is 0. The maximum absolute atomic E-state index is 6.44. The Hall–Kier alpha value is 1.95. The van der Waals surface area contributed by atoms with Crippen LogP contribution in [0.15, 0.2) is 0 Å². The van der Waals surface area contributed by atoms with Crippen molar-refractivity contribution in [2.24, 2.45) is 0 Å². The first-order valence-corrected chi connectivity index (χ1v) is 16.5. The first-order chi connectivity index (χ1) is 8.16. The Bertz CT molecular complexity index is 249. The van der Waals surface area contributed by atoms with E-state index >= 15 is 0 Å². The van der Waals surface area contributed by atoms with Crippen LogP contribution in [0.1, 0.15) is 64.2 Å². The van der Waals surface area contributed by atoms with Gasteiger partial charge in [-0.1, -0.05) is 0 Å². The molecule has 1 unspecified atom stereocenters. The molecule has 0 heterocycles. The van der Waals surface area contributed by atoms with Gasteiger partial charge in [-0.05, 0) is 0 Å². The van der Waals surface area contributed by atoms with Gasteiger partial charge in [-0.25, -0.2) is 0 Å². The van der Waals surface area contributed by atoms with Crippen molar-refractivity contribution >= 4 is 48.3 Å². The predicted molar refractivity (Wildman–Crippen MR) is 80.4 cm³/mol. The summed E-state index contributed by atoms with van der Waals surface area (Å²) in [5.41, 5.74) is 0. The van der Waals surface area contributed by atoms with Crippen molar-refractivity contribution in [2.45, 2.75) is 75.1 Å². The normalized spacial score (nSPS) is 27.8. The molecule has 0 radical (unpaired) electrons. The Morgan fingerprint density at radius 3 is 2.06 bits per heavy atom. The van der Waals surface area contributed by atoms with Crippen LogP contribution in [0.5, 0.6) is 0 Å². The van der Waals surface area contributed by atoms with Crippen molar-refractivity contribution in [1.82, 2.24) is 0 Å². The van der Waals surface area contributed by atoms with Gasteiger partial charge in [0.1, 0.15) is 0 Å². The molecule has 0 aromatic heterocycles. The summed E-state index contributed by atoms with van der Waals surface area (Å²) in [6.45, 7) is 0. The van der Waals surface area contributed by atoms with Gasteiger partial charge in [0.2, 0.25) is 0 Å². The van der Waals surface area contributed by atoms with Gasteiger partial charge in [0.15, 0.2) is 0 Å². The van der Waals surface area contributed by atoms with Crippen molar-refractivity contribution in [3.63, 3.8) is 0 Å². The monoisotopic (exact) mass is 454 g/mol. The van der Waals surface area contributed by atoms with Gasteiger partial charge in [-0.3, -0.25) is 0 Å². The van der Waals surface area contributed by atoms with Crippen molar-refractivity contribution in [3.05, 3.63) is 0 Å². The molecule has 0 N–H and O–H groups in total. The van der Waals surface area contributed by atoms with E-state index in [1.807, 2.05) is 0 Å². The van der Waals surface area contributed by atoms with E-state index < -0.39 is 3.11 Å². The van der Waals surface area contributed by atoms with E-state index in [2.05, 4.69) is 30.7 Å². The fourth-order valence-corrected chi connectivity index (χ4v) is 19.4. The molecule has 2 rings (SSSR count). The summed E-state index contributed by atoms with van der Waals surface area (Å²) in [5.74, 6) is 0. The first-order valence-electron chi connectivity index (χ1n) is 6.85. The SMILES string of the molecule is [Se]=P([SeH])(OC1CCCCC1)[Se]C1CCCCC1. The molecule has 0 saturated heterocycles. The summed E-state index contributed by atoms with van der Waals surface area (Å²) in [4.78, 5) is 0.998. The van der Waals surface area contributed by atoms with Gasteiger partial charge in [0.05, 0.1) is 0 Å². The molecule has 1 nitrogen and oxygen atoms in total. The molecule has 0 bridgehead atoms. The van der Waals surface area contributed by atoms with E-state index in [1.54, 1.807) is 0 Å². The summed E-state index contributed by atoms with van der Waals surface area (Å²) >= 11 is 7.04. The minimum atomic E-state index is -1.20. The molecule has 0 aromatic rings. The zero-order chi connectivity index (χ0) is 12.1. The fourth-order valence-electron chi connectivity index (χ4n) is 2.74. The van der Waals surface area contributed by atoms with Gasteiger partial charge < -0.3 is 0 Å². The third kappa shape index (κ3) is 5.84. The summed E-state index contributed by atoms with van der Waals surface area (Å²) in [6.07, 6.45) is 14.7. The molecule has 0 aliphatic heterocycles. The van der Waals surface area contributed by atoms with Gasteiger partial charge in [0.25, 0.3) is 0 Å². The van der Waals surface area contributed by atoms with Gasteiger partial charge in [0, 0.05) is 0 Å². The summed E-state index contributed by atoms with van der Waals surface area (Å²) < 4.78 is 5.23. The molecule has 2 aliphatic carbocycles. The van der Waals surface area contributed by atoms with Crippen LogP contribution in [0.25, 0.3) is 0 Å². The van der Waals surface area contributed by atoms with E-state index in [9.17, 15) is 0 Å². The molecular weight excluding hydrogens is 428 g/mol. The molecule has 17 heavy (non-hydrogen) atoms. The average Bonchev–Trinajstić information content (AvgIpc) is 2.30. The average molecular weight is 451 g/mol. The molecular formula is C12H23OPSe3. The fraction of sp³-hybridized carbons (Fsp3) is 1.00. The van der Waals surface area contributed by atoms with E-state index in [0.29, 0.717) is 20.6 Å². The number of rotatable bonds is 4. The summed E-state index contributed by atoms with van der Waals surface area (Å²) in [6, 6.07) is 0. The van der Waals surface area contributed by atoms with Crippen LogP contribution < -0.4 is 0 Å². The van der Waals surface area contributed by atoms with Gasteiger partial charge in [-0.2, -0.15) is 0 Å². The molecule has 0 aromatic carbocycles. The van der Waals surface area contributed by atoms with Crippen LogP contribution in [-0.4, -0.2) is 51.3 Å². The number of hydrogen-bond acceptors (Lipinski definition) is 1. The van der Waals surface area contributed by atoms with Crippen molar-refractivity contribution in [3.8, 4) is 0 Å². The Morgan fingerprint density at radius 2 is 1.47 bits per heavy atom. The quantitative estimate of drug-likeness (QED) is 0.470. The van der Waals surface area contributed by atoms with Crippen molar-refractivity contribution in [2.75, 3.05) is 0 Å². The second-order valence-corrected chi connectivity index (χ2v) is 30.7.